The van der Waals surface area contributed by atoms with E-state index in [0.717, 1.165) is 33.8 Å². The van der Waals surface area contributed by atoms with E-state index in [0.29, 0.717) is 13.2 Å². The lowest BCUT2D eigenvalue weighted by atomic mass is 9.94. The van der Waals surface area contributed by atoms with Gasteiger partial charge in [-0.2, -0.15) is 0 Å². The van der Waals surface area contributed by atoms with Gasteiger partial charge in [-0.1, -0.05) is 84.9 Å². The smallest absolute Gasteiger partial charge is 0.120 e. The summed E-state index contributed by atoms with van der Waals surface area (Å²) in [5.41, 5.74) is 17.2. The third kappa shape index (κ3) is 5.76. The molecule has 4 N–H and O–H groups in total. The van der Waals surface area contributed by atoms with Crippen LogP contribution in [0.15, 0.2) is 109 Å². The molecule has 0 radical (unpaired) electrons. The zero-order valence-corrected chi connectivity index (χ0v) is 17.9. The molecule has 4 nitrogen and oxygen atoms in total. The Kier molecular flexibility index (Phi) is 7.18. The zero-order chi connectivity index (χ0) is 22.2. The summed E-state index contributed by atoms with van der Waals surface area (Å²) in [6, 6.07) is 35.0. The molecule has 0 saturated carbocycles. The average Bonchev–Trinajstić information content (AvgIpc) is 2.87. The Bertz CT molecular complexity index is 1030. The Morgan fingerprint density at radius 2 is 0.906 bits per heavy atom. The quantitative estimate of drug-likeness (QED) is 0.370. The van der Waals surface area contributed by atoms with Gasteiger partial charge in [-0.3, -0.25) is 0 Å². The number of nitrogens with two attached hydrogens (primary N) is 2. The lowest BCUT2D eigenvalue weighted by molar-refractivity contribution is 0.305. The summed E-state index contributed by atoms with van der Waals surface area (Å²) in [5, 5.41) is 0. The SMILES string of the molecule is NC(c1cccc(OCc2ccccc2)c1)C(N)c1cccc(OCc2ccccc2)c1. The second kappa shape index (κ2) is 10.6. The molecule has 0 aliphatic carbocycles. The van der Waals surface area contributed by atoms with E-state index < -0.39 is 0 Å². The molecule has 2 unspecified atom stereocenters. The Morgan fingerprint density at radius 3 is 1.31 bits per heavy atom. The van der Waals surface area contributed by atoms with Gasteiger partial charge in [0.1, 0.15) is 24.7 Å². The summed E-state index contributed by atoms with van der Waals surface area (Å²) < 4.78 is 11.9. The number of hydrogen-bond donors (Lipinski definition) is 2. The number of ether oxygens (including phenoxy) is 2. The van der Waals surface area contributed by atoms with Crippen LogP contribution in [0.2, 0.25) is 0 Å². The first-order valence-electron chi connectivity index (χ1n) is 10.7. The first-order valence-corrected chi connectivity index (χ1v) is 10.7. The lowest BCUT2D eigenvalue weighted by Gasteiger charge is -2.22. The van der Waals surface area contributed by atoms with Crippen molar-refractivity contribution in [1.29, 1.82) is 0 Å². The van der Waals surface area contributed by atoms with Crippen LogP contribution >= 0.6 is 0 Å². The maximum atomic E-state index is 6.54. The Balaban J connectivity index is 1.41. The molecule has 32 heavy (non-hydrogen) atoms. The molecule has 0 heterocycles. The minimum atomic E-state index is -0.375. The van der Waals surface area contributed by atoms with Gasteiger partial charge in [0.05, 0.1) is 0 Å². The first-order chi connectivity index (χ1) is 15.7. The van der Waals surface area contributed by atoms with Crippen molar-refractivity contribution in [1.82, 2.24) is 0 Å². The lowest BCUT2D eigenvalue weighted by Crippen LogP contribution is -2.26. The first kappa shape index (κ1) is 21.6. The summed E-state index contributed by atoms with van der Waals surface area (Å²) in [5.74, 6) is 1.54. The molecule has 0 fully saturated rings. The summed E-state index contributed by atoms with van der Waals surface area (Å²) in [7, 11) is 0. The molecule has 4 aromatic carbocycles. The van der Waals surface area contributed by atoms with Crippen LogP contribution in [0.1, 0.15) is 34.3 Å². The van der Waals surface area contributed by atoms with E-state index in [2.05, 4.69) is 0 Å². The van der Waals surface area contributed by atoms with Gasteiger partial charge in [0, 0.05) is 12.1 Å². The molecule has 0 aliphatic rings. The fourth-order valence-electron chi connectivity index (χ4n) is 3.52. The summed E-state index contributed by atoms with van der Waals surface area (Å²) >= 11 is 0. The molecule has 162 valence electrons. The Morgan fingerprint density at radius 1 is 0.500 bits per heavy atom. The highest BCUT2D eigenvalue weighted by Crippen LogP contribution is 2.29. The standard InChI is InChI=1S/C28H28N2O2/c29-27(23-13-7-15-25(17-23)31-19-21-9-3-1-4-10-21)28(30)24-14-8-16-26(18-24)32-20-22-11-5-2-6-12-22/h1-18,27-28H,19-20,29-30H2. The van der Waals surface area contributed by atoms with Crippen LogP contribution < -0.4 is 20.9 Å². The largest absolute Gasteiger partial charge is 0.489 e. The van der Waals surface area contributed by atoms with Gasteiger partial charge in [0.2, 0.25) is 0 Å². The van der Waals surface area contributed by atoms with E-state index in [1.54, 1.807) is 0 Å². The molecule has 0 spiro atoms. The molecule has 4 rings (SSSR count). The van der Waals surface area contributed by atoms with Crippen LogP contribution in [0.25, 0.3) is 0 Å². The number of benzene rings is 4. The predicted molar refractivity (Wildman–Crippen MR) is 128 cm³/mol. The van der Waals surface area contributed by atoms with E-state index in [-0.39, 0.29) is 12.1 Å². The van der Waals surface area contributed by atoms with Gasteiger partial charge in [-0.05, 0) is 46.5 Å². The van der Waals surface area contributed by atoms with Crippen LogP contribution in [-0.4, -0.2) is 0 Å². The minimum Gasteiger partial charge on any atom is -0.489 e. The van der Waals surface area contributed by atoms with E-state index in [4.69, 9.17) is 20.9 Å². The van der Waals surface area contributed by atoms with Gasteiger partial charge in [-0.25, -0.2) is 0 Å². The molecule has 0 aromatic heterocycles. The second-order valence-corrected chi connectivity index (χ2v) is 7.75. The van der Waals surface area contributed by atoms with E-state index in [1.807, 2.05) is 109 Å². The van der Waals surface area contributed by atoms with Crippen LogP contribution in [0.4, 0.5) is 0 Å². The molecule has 2 atom stereocenters. The van der Waals surface area contributed by atoms with Crippen LogP contribution in [-0.2, 0) is 13.2 Å². The normalized spacial score (nSPS) is 12.7. The second-order valence-electron chi connectivity index (χ2n) is 7.75. The van der Waals surface area contributed by atoms with Gasteiger partial charge in [0.25, 0.3) is 0 Å². The number of rotatable bonds is 9. The van der Waals surface area contributed by atoms with Crippen molar-refractivity contribution < 1.29 is 9.47 Å². The van der Waals surface area contributed by atoms with Gasteiger partial charge in [0.15, 0.2) is 0 Å². The van der Waals surface area contributed by atoms with Crippen molar-refractivity contribution in [3.05, 3.63) is 131 Å². The van der Waals surface area contributed by atoms with Gasteiger partial charge in [-0.15, -0.1) is 0 Å². The van der Waals surface area contributed by atoms with Gasteiger partial charge >= 0.3 is 0 Å². The van der Waals surface area contributed by atoms with E-state index in [9.17, 15) is 0 Å². The zero-order valence-electron chi connectivity index (χ0n) is 17.9. The molecular weight excluding hydrogens is 396 g/mol. The topological polar surface area (TPSA) is 70.5 Å². The van der Waals surface area contributed by atoms with E-state index in [1.165, 1.54) is 0 Å². The Hall–Kier alpha value is -3.60. The highest BCUT2D eigenvalue weighted by molar-refractivity contribution is 5.36. The predicted octanol–water partition coefficient (Wildman–Crippen LogP) is 5.54. The summed E-state index contributed by atoms with van der Waals surface area (Å²) in [6.45, 7) is 1.01. The van der Waals surface area contributed by atoms with Crippen molar-refractivity contribution >= 4 is 0 Å². The van der Waals surface area contributed by atoms with Crippen molar-refractivity contribution in [3.8, 4) is 11.5 Å². The molecule has 4 heteroatoms. The highest BCUT2D eigenvalue weighted by atomic mass is 16.5. The fourth-order valence-corrected chi connectivity index (χ4v) is 3.52. The molecule has 0 bridgehead atoms. The van der Waals surface area contributed by atoms with Crippen molar-refractivity contribution in [3.63, 3.8) is 0 Å². The highest BCUT2D eigenvalue weighted by Gasteiger charge is 2.18. The third-order valence-corrected chi connectivity index (χ3v) is 5.37. The summed E-state index contributed by atoms with van der Waals surface area (Å²) in [6.07, 6.45) is 0. The average molecular weight is 425 g/mol. The monoisotopic (exact) mass is 424 g/mol. The molecule has 0 amide bonds. The molecule has 4 aromatic rings. The third-order valence-electron chi connectivity index (χ3n) is 5.37. The van der Waals surface area contributed by atoms with Crippen molar-refractivity contribution in [2.45, 2.75) is 25.3 Å². The molecule has 0 saturated heterocycles. The number of hydrogen-bond acceptors (Lipinski definition) is 4. The van der Waals surface area contributed by atoms with E-state index >= 15 is 0 Å². The Labute approximate surface area is 189 Å². The maximum absolute atomic E-state index is 6.54. The van der Waals surface area contributed by atoms with Gasteiger partial charge < -0.3 is 20.9 Å². The minimum absolute atomic E-state index is 0.375. The van der Waals surface area contributed by atoms with Crippen molar-refractivity contribution in [2.75, 3.05) is 0 Å². The molecular formula is C28H28N2O2. The maximum Gasteiger partial charge on any atom is 0.120 e. The van der Waals surface area contributed by atoms with Crippen LogP contribution in [0.3, 0.4) is 0 Å². The molecule has 0 aliphatic heterocycles. The fraction of sp³-hybridized carbons (Fsp3) is 0.143. The van der Waals surface area contributed by atoms with Crippen molar-refractivity contribution in [2.24, 2.45) is 11.5 Å². The van der Waals surface area contributed by atoms with Crippen LogP contribution in [0.5, 0.6) is 11.5 Å². The summed E-state index contributed by atoms with van der Waals surface area (Å²) in [4.78, 5) is 0. The van der Waals surface area contributed by atoms with Crippen LogP contribution in [0, 0.1) is 0 Å².